The fourth-order valence-corrected chi connectivity index (χ4v) is 4.84. The first-order chi connectivity index (χ1) is 16.0. The van der Waals surface area contributed by atoms with E-state index < -0.39 is 32.0 Å². The highest BCUT2D eigenvalue weighted by atomic mass is 35.5. The molecule has 3 aromatic rings. The maximum Gasteiger partial charge on any atom is 0.416 e. The minimum absolute atomic E-state index is 0.215. The van der Waals surface area contributed by atoms with Gasteiger partial charge in [-0.2, -0.15) is 26.7 Å². The average molecular weight is 526 g/mol. The first kappa shape index (κ1) is 24.3. The molecular weight excluding hydrogens is 510 g/mol. The van der Waals surface area contributed by atoms with Crippen molar-refractivity contribution in [1.82, 2.24) is 5.01 Å². The summed E-state index contributed by atoms with van der Waals surface area (Å²) in [5.41, 5.74) is 1.39. The largest absolute Gasteiger partial charge is 0.416 e. The third kappa shape index (κ3) is 5.27. The van der Waals surface area contributed by atoms with Gasteiger partial charge in [-0.15, -0.1) is 4.40 Å². The Bertz CT molecular complexity index is 1340. The van der Waals surface area contributed by atoms with Crippen LogP contribution in [0.15, 0.2) is 93.3 Å². The van der Waals surface area contributed by atoms with Crippen LogP contribution in [0.1, 0.15) is 22.6 Å². The highest BCUT2D eigenvalue weighted by Gasteiger charge is 2.33. The first-order valence-electron chi connectivity index (χ1n) is 9.89. The molecule has 0 N–H and O–H groups in total. The molecule has 1 heterocycles. The van der Waals surface area contributed by atoms with Crippen molar-refractivity contribution in [3.05, 3.63) is 101 Å². The Morgan fingerprint density at radius 2 is 1.59 bits per heavy atom. The Morgan fingerprint density at radius 1 is 0.971 bits per heavy atom. The van der Waals surface area contributed by atoms with Crippen molar-refractivity contribution in [3.63, 3.8) is 0 Å². The summed E-state index contributed by atoms with van der Waals surface area (Å²) < 4.78 is 67.2. The maximum atomic E-state index is 12.8. The van der Waals surface area contributed by atoms with Crippen molar-refractivity contribution in [2.24, 2.45) is 9.50 Å². The van der Waals surface area contributed by atoms with Crippen LogP contribution in [0, 0.1) is 0 Å². The SMILES string of the molecule is O=S(=O)(N=C(Cl)N1C[C@H](c2ccccc2)C(c2ccc(Cl)cc2)=N1)c1ccc(C(F)(F)F)cc1. The van der Waals surface area contributed by atoms with E-state index in [1.807, 2.05) is 30.3 Å². The fraction of sp³-hybridized carbons (Fsp3) is 0.130. The summed E-state index contributed by atoms with van der Waals surface area (Å²) in [7, 11) is -4.37. The van der Waals surface area contributed by atoms with Gasteiger partial charge >= 0.3 is 6.18 Å². The smallest absolute Gasteiger partial charge is 0.236 e. The van der Waals surface area contributed by atoms with Gasteiger partial charge in [0.1, 0.15) is 0 Å². The molecule has 0 saturated heterocycles. The van der Waals surface area contributed by atoms with E-state index in [9.17, 15) is 21.6 Å². The van der Waals surface area contributed by atoms with Gasteiger partial charge in [-0.05, 0) is 59.1 Å². The number of amidine groups is 1. The predicted molar refractivity (Wildman–Crippen MR) is 126 cm³/mol. The minimum Gasteiger partial charge on any atom is -0.236 e. The van der Waals surface area contributed by atoms with Crippen LogP contribution in [0.25, 0.3) is 0 Å². The van der Waals surface area contributed by atoms with Gasteiger partial charge in [0, 0.05) is 10.9 Å². The highest BCUT2D eigenvalue weighted by molar-refractivity contribution is 7.90. The molecule has 1 aliphatic heterocycles. The van der Waals surface area contributed by atoms with Crippen LogP contribution in [0.3, 0.4) is 0 Å². The lowest BCUT2D eigenvalue weighted by atomic mass is 9.91. The number of nitrogens with zero attached hydrogens (tertiary/aromatic N) is 3. The van der Waals surface area contributed by atoms with Crippen molar-refractivity contribution >= 4 is 44.2 Å². The second kappa shape index (κ2) is 9.40. The molecule has 11 heteroatoms. The molecule has 0 aliphatic carbocycles. The van der Waals surface area contributed by atoms with Crippen LogP contribution in [0.4, 0.5) is 13.2 Å². The standard InChI is InChI=1S/C23H16Cl2F3N3O2S/c24-18-10-6-16(7-11-18)21-20(15-4-2-1-3-5-15)14-31(29-21)22(25)30-34(32,33)19-12-8-17(9-13-19)23(26,27)28/h1-13,20H,14H2/t20-/m1/s1. The third-order valence-electron chi connectivity index (χ3n) is 5.14. The molecule has 0 fully saturated rings. The second-order valence-corrected chi connectivity index (χ2v) is 9.77. The quantitative estimate of drug-likeness (QED) is 0.233. The van der Waals surface area contributed by atoms with E-state index in [1.54, 1.807) is 24.3 Å². The first-order valence-corrected chi connectivity index (χ1v) is 12.1. The minimum atomic E-state index is -4.59. The van der Waals surface area contributed by atoms with Crippen LogP contribution >= 0.6 is 23.2 Å². The number of hydrogen-bond acceptors (Lipinski definition) is 3. The molecular formula is C23H16Cl2F3N3O2S. The molecule has 0 aromatic heterocycles. The van der Waals surface area contributed by atoms with Crippen LogP contribution in [-0.4, -0.2) is 31.0 Å². The Kier molecular flexibility index (Phi) is 6.71. The topological polar surface area (TPSA) is 62.1 Å². The Hall–Kier alpha value is -2.88. The van der Waals surface area contributed by atoms with E-state index in [0.29, 0.717) is 22.9 Å². The van der Waals surface area contributed by atoms with Crippen LogP contribution in [-0.2, 0) is 16.2 Å². The number of alkyl halides is 3. The van der Waals surface area contributed by atoms with Crippen LogP contribution in [0.2, 0.25) is 5.02 Å². The summed E-state index contributed by atoms with van der Waals surface area (Å²) in [6, 6.07) is 19.5. The lowest BCUT2D eigenvalue weighted by Crippen LogP contribution is -2.23. The molecule has 0 amide bonds. The molecule has 3 aromatic carbocycles. The lowest BCUT2D eigenvalue weighted by Gasteiger charge is -2.15. The zero-order valence-corrected chi connectivity index (χ0v) is 19.6. The molecule has 4 rings (SSSR count). The highest BCUT2D eigenvalue weighted by Crippen LogP contribution is 2.32. The van der Waals surface area contributed by atoms with Gasteiger partial charge in [0.2, 0.25) is 5.29 Å². The van der Waals surface area contributed by atoms with Gasteiger partial charge < -0.3 is 0 Å². The molecule has 1 aliphatic rings. The zero-order valence-electron chi connectivity index (χ0n) is 17.2. The van der Waals surface area contributed by atoms with Crippen molar-refractivity contribution in [2.75, 3.05) is 6.54 Å². The number of sulfonamides is 1. The lowest BCUT2D eigenvalue weighted by molar-refractivity contribution is -0.137. The summed E-state index contributed by atoms with van der Waals surface area (Å²) in [6.07, 6.45) is -4.59. The molecule has 1 atom stereocenters. The molecule has 34 heavy (non-hydrogen) atoms. The number of hydrogen-bond donors (Lipinski definition) is 0. The van der Waals surface area contributed by atoms with Crippen molar-refractivity contribution in [2.45, 2.75) is 17.0 Å². The number of rotatable bonds is 4. The molecule has 0 saturated carbocycles. The van der Waals surface area contributed by atoms with Gasteiger partial charge in [0.15, 0.2) is 0 Å². The predicted octanol–water partition coefficient (Wildman–Crippen LogP) is 6.15. The van der Waals surface area contributed by atoms with Gasteiger partial charge in [0.25, 0.3) is 10.0 Å². The summed E-state index contributed by atoms with van der Waals surface area (Å²) >= 11 is 12.2. The monoisotopic (exact) mass is 525 g/mol. The van der Waals surface area contributed by atoms with Gasteiger partial charge in [-0.1, -0.05) is 54.1 Å². The Balaban J connectivity index is 1.66. The Labute approximate surface area is 204 Å². The maximum absolute atomic E-state index is 12.8. The molecule has 0 bridgehead atoms. The van der Waals surface area contributed by atoms with E-state index in [1.165, 1.54) is 5.01 Å². The summed E-state index contributed by atoms with van der Waals surface area (Å²) in [4.78, 5) is -0.417. The summed E-state index contributed by atoms with van der Waals surface area (Å²) in [5, 5.41) is 5.88. The van der Waals surface area contributed by atoms with E-state index in [0.717, 1.165) is 23.3 Å². The third-order valence-corrected chi connectivity index (χ3v) is 7.06. The second-order valence-electron chi connectivity index (χ2n) is 7.40. The number of hydrazone groups is 1. The van der Waals surface area contributed by atoms with E-state index >= 15 is 0 Å². The average Bonchev–Trinajstić information content (AvgIpc) is 3.25. The van der Waals surface area contributed by atoms with Crippen molar-refractivity contribution in [1.29, 1.82) is 0 Å². The van der Waals surface area contributed by atoms with E-state index in [2.05, 4.69) is 9.50 Å². The van der Waals surface area contributed by atoms with Crippen molar-refractivity contribution < 1.29 is 21.6 Å². The zero-order chi connectivity index (χ0) is 24.5. The molecule has 0 spiro atoms. The fourth-order valence-electron chi connectivity index (χ4n) is 3.46. The molecule has 5 nitrogen and oxygen atoms in total. The van der Waals surface area contributed by atoms with E-state index in [4.69, 9.17) is 23.2 Å². The normalized spacial score (nSPS) is 17.1. The summed E-state index contributed by atoms with van der Waals surface area (Å²) in [6.45, 7) is 0.215. The van der Waals surface area contributed by atoms with Crippen LogP contribution in [0.5, 0.6) is 0 Å². The van der Waals surface area contributed by atoms with Crippen LogP contribution < -0.4 is 0 Å². The molecule has 0 radical (unpaired) electrons. The Morgan fingerprint density at radius 3 is 2.18 bits per heavy atom. The van der Waals surface area contributed by atoms with E-state index in [-0.39, 0.29) is 12.5 Å². The molecule has 176 valence electrons. The van der Waals surface area contributed by atoms with Crippen molar-refractivity contribution in [3.8, 4) is 0 Å². The van der Waals surface area contributed by atoms with Gasteiger partial charge in [-0.3, -0.25) is 0 Å². The molecule has 0 unspecified atom stereocenters. The number of benzene rings is 3. The summed E-state index contributed by atoms with van der Waals surface area (Å²) in [5.74, 6) is -0.236. The van der Waals surface area contributed by atoms with Gasteiger partial charge in [0.05, 0.1) is 22.7 Å². The van der Waals surface area contributed by atoms with Gasteiger partial charge in [-0.25, -0.2) is 5.01 Å². The number of halogens is 5.